The van der Waals surface area contributed by atoms with Gasteiger partial charge in [-0.3, -0.25) is 14.7 Å². The fourth-order valence-corrected chi connectivity index (χ4v) is 9.91. The summed E-state index contributed by atoms with van der Waals surface area (Å²) in [6, 6.07) is 57.5. The Labute approximate surface area is 347 Å². The fourth-order valence-electron chi connectivity index (χ4n) is 9.91. The molecule has 0 saturated heterocycles. The molecular weight excluding hydrogens is 736 g/mol. The zero-order chi connectivity index (χ0) is 39.3. The molecule has 0 bridgehead atoms. The summed E-state index contributed by atoms with van der Waals surface area (Å²) in [5, 5.41) is 0. The molecule has 0 amide bonds. The molecule has 0 radical (unpaired) electrons. The van der Waals surface area contributed by atoms with Crippen LogP contribution in [0.1, 0.15) is 0 Å². The average Bonchev–Trinajstić information content (AvgIpc) is 3.32. The Kier molecular flexibility index (Phi) is 7.00. The van der Waals surface area contributed by atoms with E-state index in [-0.39, 0.29) is 13.4 Å². The van der Waals surface area contributed by atoms with Crippen molar-refractivity contribution in [3.63, 3.8) is 0 Å². The van der Waals surface area contributed by atoms with Crippen molar-refractivity contribution in [3.05, 3.63) is 189 Å². The minimum atomic E-state index is -0.257. The van der Waals surface area contributed by atoms with Crippen molar-refractivity contribution in [1.29, 1.82) is 0 Å². The monoisotopic (exact) mass is 767 g/mol. The van der Waals surface area contributed by atoms with Crippen LogP contribution in [0.15, 0.2) is 189 Å². The number of benzene rings is 5. The van der Waals surface area contributed by atoms with Gasteiger partial charge in [-0.05, 0) is 99.5 Å². The van der Waals surface area contributed by atoms with Crippen molar-refractivity contribution < 1.29 is 0 Å². The van der Waals surface area contributed by atoms with Crippen molar-refractivity contribution in [3.8, 4) is 0 Å². The smallest absolute Gasteiger partial charge is 0.260 e. The number of hydrogen-bond acceptors (Lipinski definition) is 9. The lowest BCUT2D eigenvalue weighted by Gasteiger charge is -2.45. The Morgan fingerprint density at radius 1 is 0.350 bits per heavy atom. The molecule has 8 heterocycles. The summed E-state index contributed by atoms with van der Waals surface area (Å²) in [5.74, 6) is 4.19. The van der Waals surface area contributed by atoms with Crippen LogP contribution in [0.5, 0.6) is 0 Å². The second-order valence-electron chi connectivity index (χ2n) is 15.4. The molecule has 13 rings (SSSR count). The van der Waals surface area contributed by atoms with E-state index < -0.39 is 0 Å². The van der Waals surface area contributed by atoms with Crippen LogP contribution in [-0.4, -0.2) is 38.3 Å². The van der Waals surface area contributed by atoms with Crippen LogP contribution in [-0.2, 0) is 0 Å². The van der Waals surface area contributed by atoms with E-state index in [1.807, 2.05) is 24.7 Å². The number of aromatic nitrogens is 5. The van der Waals surface area contributed by atoms with E-state index in [0.29, 0.717) is 0 Å². The molecule has 4 aromatic heterocycles. The summed E-state index contributed by atoms with van der Waals surface area (Å²) >= 11 is 0. The lowest BCUT2D eigenvalue weighted by Crippen LogP contribution is -2.66. The molecule has 11 heteroatoms. The first-order chi connectivity index (χ1) is 29.8. The van der Waals surface area contributed by atoms with Gasteiger partial charge in [-0.1, -0.05) is 97.1 Å². The van der Waals surface area contributed by atoms with Gasteiger partial charge in [0.15, 0.2) is 0 Å². The molecule has 5 aromatic carbocycles. The normalized spacial score (nSPS) is 13.8. The second-order valence-corrected chi connectivity index (χ2v) is 15.4. The summed E-state index contributed by atoms with van der Waals surface area (Å²) in [7, 11) is 0. The molecule has 0 aliphatic carbocycles. The number of nitrogens with zero attached hydrogens (tertiary/aromatic N) is 9. The highest BCUT2D eigenvalue weighted by atomic mass is 15.3. The molecule has 9 aromatic rings. The van der Waals surface area contributed by atoms with E-state index in [1.165, 1.54) is 5.46 Å². The Bertz CT molecular complexity index is 2950. The molecule has 0 saturated carbocycles. The molecule has 4 aliphatic rings. The number of hydrogen-bond donors (Lipinski definition) is 0. The van der Waals surface area contributed by atoms with E-state index in [4.69, 9.17) is 19.9 Å². The van der Waals surface area contributed by atoms with Crippen molar-refractivity contribution in [2.45, 2.75) is 0 Å². The molecule has 0 fully saturated rings. The van der Waals surface area contributed by atoms with Gasteiger partial charge in [0.25, 0.3) is 13.4 Å². The molecule has 0 unspecified atom stereocenters. The molecule has 0 spiro atoms. The zero-order valence-corrected chi connectivity index (χ0v) is 32.1. The first-order valence-electron chi connectivity index (χ1n) is 20.2. The Balaban J connectivity index is 1.14. The van der Waals surface area contributed by atoms with Crippen LogP contribution >= 0.6 is 0 Å². The quantitative estimate of drug-likeness (QED) is 0.179. The maximum Gasteiger partial charge on any atom is 0.260 e. The Hall–Kier alpha value is -8.04. The number of pyridine rings is 3. The van der Waals surface area contributed by atoms with Crippen molar-refractivity contribution in [2.24, 2.45) is 0 Å². The van der Waals surface area contributed by atoms with Gasteiger partial charge >= 0.3 is 0 Å². The van der Waals surface area contributed by atoms with Gasteiger partial charge in [0, 0.05) is 58.4 Å². The van der Waals surface area contributed by atoms with E-state index in [0.717, 1.165) is 96.2 Å². The van der Waals surface area contributed by atoms with Crippen LogP contribution < -0.4 is 52.4 Å². The third-order valence-electron chi connectivity index (χ3n) is 12.2. The SMILES string of the molecule is c1ccc(N2c3ccccc3B3c4cc5c(nc4N(c4ccccc4)c4nccc2c43)N(c2ccccc2)c2ccnc3c2B5c2cncnc2N3c2ccccc2)cc1. The predicted molar refractivity (Wildman–Crippen MR) is 243 cm³/mol. The van der Waals surface area contributed by atoms with Gasteiger partial charge in [0.05, 0.1) is 0 Å². The molecule has 278 valence electrons. The van der Waals surface area contributed by atoms with Crippen LogP contribution in [0.2, 0.25) is 0 Å². The highest BCUT2D eigenvalue weighted by molar-refractivity contribution is 7.02. The first kappa shape index (κ1) is 33.0. The van der Waals surface area contributed by atoms with Crippen LogP contribution in [0, 0.1) is 0 Å². The Morgan fingerprint density at radius 2 is 0.817 bits per heavy atom. The molecule has 9 nitrogen and oxygen atoms in total. The second kappa shape index (κ2) is 12.7. The molecule has 0 N–H and O–H groups in total. The predicted octanol–water partition coefficient (Wildman–Crippen LogP) is 6.83. The number of rotatable bonds is 4. The first-order valence-corrected chi connectivity index (χ1v) is 20.2. The number of fused-ring (bicyclic) bond motifs is 8. The molecule has 4 aliphatic heterocycles. The largest absolute Gasteiger partial charge is 0.311 e. The van der Waals surface area contributed by atoms with Crippen molar-refractivity contribution >= 4 is 115 Å². The van der Waals surface area contributed by atoms with Crippen LogP contribution in [0.25, 0.3) is 0 Å². The van der Waals surface area contributed by atoms with E-state index >= 15 is 0 Å². The standard InChI is InChI=1S/C49H31B2N9/c1-5-15-32(16-6-1)57-40-24-14-13-23-36(40)50-38-29-37-46(56-47(38)60(35-21-11-4-12-22-35)49-43(50)41(57)25-27-54-49)58(33-17-7-2-8-18-33)42-26-28-53-48-44(42)51(37)39-30-52-31-55-45(39)59(48)34-19-9-3-10-20-34/h1-31H. The summed E-state index contributed by atoms with van der Waals surface area (Å²) in [6.45, 7) is -0.421. The maximum atomic E-state index is 5.89. The topological polar surface area (TPSA) is 77.4 Å². The minimum Gasteiger partial charge on any atom is -0.311 e. The van der Waals surface area contributed by atoms with Crippen molar-refractivity contribution in [2.75, 3.05) is 19.6 Å². The number of anilines is 12. The van der Waals surface area contributed by atoms with Gasteiger partial charge in [-0.15, -0.1) is 0 Å². The third kappa shape index (κ3) is 4.57. The average molecular weight is 767 g/mol. The van der Waals surface area contributed by atoms with Gasteiger partial charge in [-0.25, -0.2) is 24.9 Å². The zero-order valence-electron chi connectivity index (χ0n) is 32.1. The van der Waals surface area contributed by atoms with Gasteiger partial charge in [0.2, 0.25) is 0 Å². The van der Waals surface area contributed by atoms with Crippen molar-refractivity contribution in [1.82, 2.24) is 24.9 Å². The maximum absolute atomic E-state index is 5.89. The lowest BCUT2D eigenvalue weighted by atomic mass is 9.31. The molecular formula is C49H31B2N9. The lowest BCUT2D eigenvalue weighted by molar-refractivity contribution is 1.08. The highest BCUT2D eigenvalue weighted by Crippen LogP contribution is 2.45. The van der Waals surface area contributed by atoms with Gasteiger partial charge in [-0.2, -0.15) is 0 Å². The van der Waals surface area contributed by atoms with E-state index in [1.54, 1.807) is 6.33 Å². The molecule has 60 heavy (non-hydrogen) atoms. The minimum absolute atomic E-state index is 0.163. The van der Waals surface area contributed by atoms with Gasteiger partial charge in [0.1, 0.15) is 35.4 Å². The highest BCUT2D eigenvalue weighted by Gasteiger charge is 2.49. The number of para-hydroxylation sites is 5. The third-order valence-corrected chi connectivity index (χ3v) is 12.2. The van der Waals surface area contributed by atoms with E-state index in [2.05, 4.69) is 182 Å². The van der Waals surface area contributed by atoms with E-state index in [9.17, 15) is 0 Å². The van der Waals surface area contributed by atoms with Crippen LogP contribution in [0.3, 0.4) is 0 Å². The van der Waals surface area contributed by atoms with Crippen LogP contribution in [0.4, 0.5) is 68.9 Å². The summed E-state index contributed by atoms with van der Waals surface area (Å²) in [5.41, 5.74) is 13.9. The Morgan fingerprint density at radius 3 is 1.42 bits per heavy atom. The summed E-state index contributed by atoms with van der Waals surface area (Å²) in [6.07, 6.45) is 7.45. The molecule has 0 atom stereocenters. The summed E-state index contributed by atoms with van der Waals surface area (Å²) in [4.78, 5) is 35.1. The van der Waals surface area contributed by atoms with Gasteiger partial charge < -0.3 is 4.90 Å². The summed E-state index contributed by atoms with van der Waals surface area (Å²) < 4.78 is 0. The fraction of sp³-hybridized carbons (Fsp3) is 0.